The minimum Gasteiger partial charge on any atom is -0.338 e. The Morgan fingerprint density at radius 1 is 1.12 bits per heavy atom. The maximum Gasteiger partial charge on any atom is 0.282 e. The molecule has 2 aromatic rings. The van der Waals surface area contributed by atoms with Crippen LogP contribution in [0.2, 0.25) is 0 Å². The van der Waals surface area contributed by atoms with Gasteiger partial charge < -0.3 is 4.90 Å². The molecule has 1 amide bonds. The Balaban J connectivity index is 1.66. The number of carbonyl (C=O) groups excluding carboxylic acids is 1. The molecule has 0 N–H and O–H groups in total. The van der Waals surface area contributed by atoms with Crippen molar-refractivity contribution in [2.75, 3.05) is 6.54 Å². The van der Waals surface area contributed by atoms with E-state index in [0.29, 0.717) is 42.6 Å². The minimum absolute atomic E-state index is 0.0381. The molecule has 0 bridgehead atoms. The van der Waals surface area contributed by atoms with Crippen LogP contribution < -0.4 is 0 Å². The third kappa shape index (κ3) is 2.99. The molecule has 138 valence electrons. The lowest BCUT2D eigenvalue weighted by atomic mass is 9.95. The quantitative estimate of drug-likeness (QED) is 0.825. The Morgan fingerprint density at radius 2 is 1.92 bits per heavy atom. The van der Waals surface area contributed by atoms with Crippen LogP contribution in [-0.2, 0) is 24.2 Å². The normalized spacial score (nSPS) is 17.2. The highest BCUT2D eigenvalue weighted by atomic mass is 19.3. The van der Waals surface area contributed by atoms with Crippen LogP contribution in [0.1, 0.15) is 54.6 Å². The number of hydrogen-bond acceptors (Lipinski definition) is 2. The molecule has 0 radical (unpaired) electrons. The van der Waals surface area contributed by atoms with E-state index >= 15 is 0 Å². The Hall–Kier alpha value is -2.31. The Kier molecular flexibility index (Phi) is 4.46. The maximum absolute atomic E-state index is 14.6. The molecule has 2 aliphatic rings. The van der Waals surface area contributed by atoms with Crippen LogP contribution in [-0.4, -0.2) is 27.1 Å². The summed E-state index contributed by atoms with van der Waals surface area (Å²) in [6.07, 6.45) is 1.72. The van der Waals surface area contributed by atoms with E-state index in [9.17, 15) is 18.0 Å². The highest BCUT2D eigenvalue weighted by Gasteiger charge is 2.27. The van der Waals surface area contributed by atoms with E-state index in [1.165, 1.54) is 10.7 Å². The number of fused-ring (bicyclic) bond motifs is 1. The lowest BCUT2D eigenvalue weighted by molar-refractivity contribution is -0.128. The zero-order valence-corrected chi connectivity index (χ0v) is 14.4. The molecule has 4 rings (SSSR count). The molecule has 4 nitrogen and oxygen atoms in total. The first-order chi connectivity index (χ1) is 12.5. The van der Waals surface area contributed by atoms with Crippen molar-refractivity contribution in [1.82, 2.24) is 14.7 Å². The topological polar surface area (TPSA) is 38.1 Å². The molecule has 0 saturated carbocycles. The van der Waals surface area contributed by atoms with Crippen molar-refractivity contribution in [3.63, 3.8) is 0 Å². The van der Waals surface area contributed by atoms with Gasteiger partial charge in [-0.15, -0.1) is 0 Å². The first kappa shape index (κ1) is 17.1. The summed E-state index contributed by atoms with van der Waals surface area (Å²) in [4.78, 5) is 13.4. The van der Waals surface area contributed by atoms with Crippen LogP contribution in [0, 0.1) is 5.82 Å². The fourth-order valence-electron chi connectivity index (χ4n) is 3.89. The second-order valence-corrected chi connectivity index (χ2v) is 6.92. The van der Waals surface area contributed by atoms with Crippen molar-refractivity contribution in [1.29, 1.82) is 0 Å². The average molecular weight is 363 g/mol. The lowest BCUT2D eigenvalue weighted by Crippen LogP contribution is -2.24. The number of hydrogen-bond donors (Lipinski definition) is 0. The second-order valence-electron chi connectivity index (χ2n) is 6.92. The van der Waals surface area contributed by atoms with Crippen LogP contribution in [0.3, 0.4) is 0 Å². The van der Waals surface area contributed by atoms with E-state index in [-0.39, 0.29) is 18.1 Å². The van der Waals surface area contributed by atoms with Crippen LogP contribution >= 0.6 is 0 Å². The van der Waals surface area contributed by atoms with E-state index in [1.54, 1.807) is 17.0 Å². The van der Waals surface area contributed by atoms with Gasteiger partial charge >= 0.3 is 0 Å². The van der Waals surface area contributed by atoms with Gasteiger partial charge in [0.05, 0.1) is 5.69 Å². The first-order valence-corrected chi connectivity index (χ1v) is 9.00. The third-order valence-corrected chi connectivity index (χ3v) is 5.23. The van der Waals surface area contributed by atoms with E-state index in [2.05, 4.69) is 5.10 Å². The van der Waals surface area contributed by atoms with Gasteiger partial charge in [-0.3, -0.25) is 4.79 Å². The predicted octanol–water partition coefficient (Wildman–Crippen LogP) is 3.95. The molecular weight excluding hydrogens is 343 g/mol. The SMILES string of the molecule is O=C1CCCN1Cc1ccc(-n2nc(C(F)F)c3c2CCCC3)cc1F. The number of carbonyl (C=O) groups is 1. The summed E-state index contributed by atoms with van der Waals surface area (Å²) in [5.41, 5.74) is 2.06. The number of aromatic nitrogens is 2. The summed E-state index contributed by atoms with van der Waals surface area (Å²) in [7, 11) is 0. The average Bonchev–Trinajstić information content (AvgIpc) is 3.21. The molecule has 0 unspecified atom stereocenters. The Bertz CT molecular complexity index is 847. The van der Waals surface area contributed by atoms with Crippen molar-refractivity contribution in [3.05, 3.63) is 46.5 Å². The number of nitrogens with zero attached hydrogens (tertiary/aromatic N) is 3. The Morgan fingerprint density at radius 3 is 2.62 bits per heavy atom. The van der Waals surface area contributed by atoms with E-state index in [1.807, 2.05) is 0 Å². The van der Waals surface area contributed by atoms with Gasteiger partial charge in [-0.1, -0.05) is 6.07 Å². The molecule has 26 heavy (non-hydrogen) atoms. The van der Waals surface area contributed by atoms with Crippen LogP contribution in [0.5, 0.6) is 0 Å². The highest BCUT2D eigenvalue weighted by Crippen LogP contribution is 2.32. The van der Waals surface area contributed by atoms with Gasteiger partial charge in [0.25, 0.3) is 6.43 Å². The number of alkyl halides is 2. The second kappa shape index (κ2) is 6.78. The number of likely N-dealkylation sites (tertiary alicyclic amines) is 1. The number of halogens is 3. The Labute approximate surface area is 149 Å². The molecule has 0 spiro atoms. The highest BCUT2D eigenvalue weighted by molar-refractivity contribution is 5.78. The van der Waals surface area contributed by atoms with Crippen molar-refractivity contribution < 1.29 is 18.0 Å². The molecule has 1 aromatic heterocycles. The van der Waals surface area contributed by atoms with Crippen molar-refractivity contribution in [2.24, 2.45) is 0 Å². The molecule has 0 atom stereocenters. The standard InChI is InChI=1S/C19H20F3N3O/c20-15-10-13(8-7-12(15)11-24-9-3-6-17(24)26)25-16-5-2-1-4-14(16)18(23-25)19(21)22/h7-8,10,19H,1-6,9,11H2. The van der Waals surface area contributed by atoms with Gasteiger partial charge in [0.2, 0.25) is 5.91 Å². The van der Waals surface area contributed by atoms with Crippen molar-refractivity contribution in [3.8, 4) is 5.69 Å². The largest absolute Gasteiger partial charge is 0.338 e. The monoisotopic (exact) mass is 363 g/mol. The molecule has 1 saturated heterocycles. The van der Waals surface area contributed by atoms with E-state index in [4.69, 9.17) is 0 Å². The van der Waals surface area contributed by atoms with Crippen molar-refractivity contribution in [2.45, 2.75) is 51.5 Å². The molecule has 1 aliphatic heterocycles. The van der Waals surface area contributed by atoms with Gasteiger partial charge in [-0.2, -0.15) is 5.10 Å². The molecular formula is C19H20F3N3O. The van der Waals surface area contributed by atoms with E-state index in [0.717, 1.165) is 25.0 Å². The molecule has 1 fully saturated rings. The molecule has 2 heterocycles. The maximum atomic E-state index is 14.6. The number of benzene rings is 1. The number of amides is 1. The molecule has 1 aromatic carbocycles. The van der Waals surface area contributed by atoms with Crippen LogP contribution in [0.4, 0.5) is 13.2 Å². The zero-order valence-electron chi connectivity index (χ0n) is 14.4. The predicted molar refractivity (Wildman–Crippen MR) is 89.8 cm³/mol. The smallest absolute Gasteiger partial charge is 0.282 e. The summed E-state index contributed by atoms with van der Waals surface area (Å²) in [6.45, 7) is 0.884. The van der Waals surface area contributed by atoms with Crippen molar-refractivity contribution >= 4 is 5.91 Å². The summed E-state index contributed by atoms with van der Waals surface area (Å²) in [5.74, 6) is -0.406. The van der Waals surface area contributed by atoms with Gasteiger partial charge in [-0.05, 0) is 44.2 Å². The van der Waals surface area contributed by atoms with Crippen LogP contribution in [0.25, 0.3) is 5.69 Å². The fourth-order valence-corrected chi connectivity index (χ4v) is 3.89. The zero-order chi connectivity index (χ0) is 18.3. The minimum atomic E-state index is -2.63. The summed E-state index contributed by atoms with van der Waals surface area (Å²) >= 11 is 0. The first-order valence-electron chi connectivity index (χ1n) is 9.00. The third-order valence-electron chi connectivity index (χ3n) is 5.23. The summed E-state index contributed by atoms with van der Waals surface area (Å²) in [5, 5.41) is 4.08. The van der Waals surface area contributed by atoms with Gasteiger partial charge in [-0.25, -0.2) is 17.9 Å². The summed E-state index contributed by atoms with van der Waals surface area (Å²) < 4.78 is 42.7. The van der Waals surface area contributed by atoms with Crippen LogP contribution in [0.15, 0.2) is 18.2 Å². The molecule has 7 heteroatoms. The summed E-state index contributed by atoms with van der Waals surface area (Å²) in [6, 6.07) is 4.64. The number of rotatable bonds is 4. The van der Waals surface area contributed by atoms with Gasteiger partial charge in [0.15, 0.2) is 0 Å². The fraction of sp³-hybridized carbons (Fsp3) is 0.474. The lowest BCUT2D eigenvalue weighted by Gasteiger charge is -2.17. The molecule has 1 aliphatic carbocycles. The van der Waals surface area contributed by atoms with Gasteiger partial charge in [0, 0.05) is 36.3 Å². The van der Waals surface area contributed by atoms with Gasteiger partial charge in [0.1, 0.15) is 11.5 Å². The van der Waals surface area contributed by atoms with E-state index < -0.39 is 12.2 Å².